The van der Waals surface area contributed by atoms with Gasteiger partial charge in [-0.15, -0.1) is 0 Å². The summed E-state index contributed by atoms with van der Waals surface area (Å²) in [5.74, 6) is 0.0455. The van der Waals surface area contributed by atoms with Gasteiger partial charge in [-0.1, -0.05) is 37.0 Å². The minimum Gasteiger partial charge on any atom is -0.324 e. The molecule has 2 aliphatic rings. The van der Waals surface area contributed by atoms with Gasteiger partial charge in [-0.25, -0.2) is 9.50 Å². The van der Waals surface area contributed by atoms with Crippen LogP contribution < -0.4 is 5.32 Å². The first-order valence-electron chi connectivity index (χ1n) is 9.34. The van der Waals surface area contributed by atoms with E-state index in [1.165, 1.54) is 0 Å². The van der Waals surface area contributed by atoms with Gasteiger partial charge in [0, 0.05) is 29.2 Å². The average molecular weight is 416 g/mol. The Morgan fingerprint density at radius 2 is 2.00 bits per heavy atom. The van der Waals surface area contributed by atoms with Crippen LogP contribution >= 0.6 is 23.2 Å². The molecule has 1 unspecified atom stereocenters. The molecule has 1 saturated carbocycles. The molecule has 144 valence electrons. The lowest BCUT2D eigenvalue weighted by molar-refractivity contribution is -0.117. The number of aromatic nitrogens is 4. The summed E-state index contributed by atoms with van der Waals surface area (Å²) in [6, 6.07) is 3.51. The van der Waals surface area contributed by atoms with Crippen molar-refractivity contribution in [3.63, 3.8) is 0 Å². The summed E-state index contributed by atoms with van der Waals surface area (Å²) >= 11 is 12.4. The van der Waals surface area contributed by atoms with Crippen LogP contribution in [0.4, 0.5) is 5.69 Å². The highest BCUT2D eigenvalue weighted by molar-refractivity contribution is 6.31. The van der Waals surface area contributed by atoms with Gasteiger partial charge in [0.05, 0.1) is 34.2 Å². The maximum atomic E-state index is 13.1. The second-order valence-electron chi connectivity index (χ2n) is 8.29. The highest BCUT2D eigenvalue weighted by Crippen LogP contribution is 2.46. The summed E-state index contributed by atoms with van der Waals surface area (Å²) in [5.41, 5.74) is 3.84. The van der Waals surface area contributed by atoms with Gasteiger partial charge >= 0.3 is 0 Å². The maximum Gasteiger partial charge on any atom is 0.232 e. The van der Waals surface area contributed by atoms with Crippen molar-refractivity contribution in [1.82, 2.24) is 19.6 Å². The van der Waals surface area contributed by atoms with Crippen molar-refractivity contribution in [3.05, 3.63) is 51.7 Å². The smallest absolute Gasteiger partial charge is 0.232 e. The van der Waals surface area contributed by atoms with E-state index in [1.54, 1.807) is 29.0 Å². The Hall–Kier alpha value is -2.18. The third-order valence-electron chi connectivity index (χ3n) is 5.63. The molecule has 5 rings (SSSR count). The molecule has 0 aliphatic heterocycles. The molecule has 0 radical (unpaired) electrons. The number of hydrogen-bond acceptors (Lipinski definition) is 4. The van der Waals surface area contributed by atoms with Crippen LogP contribution in [0.15, 0.2) is 24.5 Å². The first-order valence-corrected chi connectivity index (χ1v) is 10.1. The van der Waals surface area contributed by atoms with Crippen molar-refractivity contribution in [3.8, 4) is 0 Å². The number of carbonyl (C=O) groups is 1. The van der Waals surface area contributed by atoms with Gasteiger partial charge in [0.2, 0.25) is 5.91 Å². The molecule has 0 bridgehead atoms. The molecule has 1 atom stereocenters. The Labute approximate surface area is 172 Å². The Morgan fingerprint density at radius 3 is 2.71 bits per heavy atom. The van der Waals surface area contributed by atoms with E-state index >= 15 is 0 Å². The Kier molecular flexibility index (Phi) is 3.93. The van der Waals surface area contributed by atoms with Crippen LogP contribution in [0, 0.1) is 0 Å². The quantitative estimate of drug-likeness (QED) is 0.671. The molecule has 2 aliphatic carbocycles. The summed E-state index contributed by atoms with van der Waals surface area (Å²) in [7, 11) is 0. The summed E-state index contributed by atoms with van der Waals surface area (Å²) < 4.78 is 1.76. The monoisotopic (exact) mass is 415 g/mol. The van der Waals surface area contributed by atoms with E-state index in [9.17, 15) is 4.79 Å². The van der Waals surface area contributed by atoms with Gasteiger partial charge in [0.1, 0.15) is 0 Å². The van der Waals surface area contributed by atoms with E-state index in [0.717, 1.165) is 29.8 Å². The van der Waals surface area contributed by atoms with Crippen LogP contribution in [-0.2, 0) is 10.2 Å². The fourth-order valence-electron chi connectivity index (χ4n) is 4.21. The third-order valence-corrected chi connectivity index (χ3v) is 6.12. The minimum absolute atomic E-state index is 0.0942. The lowest BCUT2D eigenvalue weighted by atomic mass is 9.88. The minimum atomic E-state index is -0.327. The number of pyridine rings is 1. The van der Waals surface area contributed by atoms with Crippen LogP contribution in [0.2, 0.25) is 10.2 Å². The van der Waals surface area contributed by atoms with E-state index < -0.39 is 0 Å². The number of rotatable bonds is 3. The van der Waals surface area contributed by atoms with Gasteiger partial charge < -0.3 is 5.32 Å². The molecule has 3 aromatic rings. The normalized spacial score (nSPS) is 20.4. The van der Waals surface area contributed by atoms with Gasteiger partial charge in [-0.3, -0.25) is 9.78 Å². The van der Waals surface area contributed by atoms with Crippen molar-refractivity contribution in [2.75, 3.05) is 5.32 Å². The molecule has 3 heterocycles. The standard InChI is InChI=1S/C20H19Cl2N5O/c1-20(2)7-12(13-9-23-16-6-15(22)26-27(16)18(13)20)19(28)25-11-5-14(21)17(24-8-11)10-3-4-10/h5-6,8-10,12H,3-4,7H2,1-2H3,(H,25,28). The summed E-state index contributed by atoms with van der Waals surface area (Å²) in [5, 5.41) is 8.34. The van der Waals surface area contributed by atoms with Gasteiger partial charge in [0.25, 0.3) is 0 Å². The number of nitrogens with one attached hydrogen (secondary N) is 1. The Balaban J connectivity index is 1.47. The maximum absolute atomic E-state index is 13.1. The van der Waals surface area contributed by atoms with Crippen LogP contribution in [0.25, 0.3) is 5.65 Å². The third kappa shape index (κ3) is 2.86. The summed E-state index contributed by atoms with van der Waals surface area (Å²) in [4.78, 5) is 22.0. The topological polar surface area (TPSA) is 72.2 Å². The molecule has 8 heteroatoms. The van der Waals surface area contributed by atoms with E-state index in [-0.39, 0.29) is 17.2 Å². The van der Waals surface area contributed by atoms with Gasteiger partial charge in [-0.05, 0) is 25.3 Å². The number of carbonyl (C=O) groups excluding carboxylic acids is 1. The predicted octanol–water partition coefficient (Wildman–Crippen LogP) is 4.71. The second kappa shape index (κ2) is 6.16. The van der Waals surface area contributed by atoms with E-state index in [1.807, 2.05) is 0 Å². The van der Waals surface area contributed by atoms with Crippen molar-refractivity contribution in [2.24, 2.45) is 0 Å². The SMILES string of the molecule is CC1(C)CC(C(=O)Nc2cnc(C3CC3)c(Cl)c2)c2cnc3cc(Cl)nn3c21. The van der Waals surface area contributed by atoms with E-state index in [4.69, 9.17) is 23.2 Å². The van der Waals surface area contributed by atoms with Crippen molar-refractivity contribution in [1.29, 1.82) is 0 Å². The van der Waals surface area contributed by atoms with Crippen molar-refractivity contribution in [2.45, 2.75) is 50.4 Å². The lowest BCUT2D eigenvalue weighted by Crippen LogP contribution is -2.21. The second-order valence-corrected chi connectivity index (χ2v) is 9.09. The van der Waals surface area contributed by atoms with Gasteiger partial charge in [-0.2, -0.15) is 5.10 Å². The van der Waals surface area contributed by atoms with E-state index in [0.29, 0.717) is 33.8 Å². The van der Waals surface area contributed by atoms with Crippen LogP contribution in [-0.4, -0.2) is 25.5 Å². The number of nitrogens with zero attached hydrogens (tertiary/aromatic N) is 4. The number of hydrogen-bond donors (Lipinski definition) is 1. The highest BCUT2D eigenvalue weighted by Gasteiger charge is 2.43. The van der Waals surface area contributed by atoms with Crippen LogP contribution in [0.5, 0.6) is 0 Å². The molecule has 28 heavy (non-hydrogen) atoms. The number of halogens is 2. The molecule has 1 N–H and O–H groups in total. The number of anilines is 1. The fraction of sp³-hybridized carbons (Fsp3) is 0.400. The van der Waals surface area contributed by atoms with E-state index in [2.05, 4.69) is 34.2 Å². The first kappa shape index (κ1) is 17.9. The summed E-state index contributed by atoms with van der Waals surface area (Å²) in [6.45, 7) is 4.22. The zero-order chi connectivity index (χ0) is 19.6. The van der Waals surface area contributed by atoms with Crippen molar-refractivity contribution >= 4 is 40.4 Å². The molecule has 1 fully saturated rings. The van der Waals surface area contributed by atoms with Gasteiger partial charge in [0.15, 0.2) is 10.8 Å². The molecule has 0 spiro atoms. The Morgan fingerprint density at radius 1 is 1.21 bits per heavy atom. The predicted molar refractivity (Wildman–Crippen MR) is 108 cm³/mol. The molecule has 1 amide bonds. The molecular weight excluding hydrogens is 397 g/mol. The summed E-state index contributed by atoms with van der Waals surface area (Å²) in [6.07, 6.45) is 6.38. The Bertz CT molecular complexity index is 1120. The van der Waals surface area contributed by atoms with Crippen LogP contribution in [0.3, 0.4) is 0 Å². The molecule has 0 saturated heterocycles. The van der Waals surface area contributed by atoms with Crippen LogP contribution in [0.1, 0.15) is 61.9 Å². The lowest BCUT2D eigenvalue weighted by Gasteiger charge is -2.19. The van der Waals surface area contributed by atoms with Crippen molar-refractivity contribution < 1.29 is 4.79 Å². The molecule has 6 nitrogen and oxygen atoms in total. The first-order chi connectivity index (χ1) is 13.3. The fourth-order valence-corrected chi connectivity index (χ4v) is 4.70. The zero-order valence-electron chi connectivity index (χ0n) is 15.5. The number of amides is 1. The number of fused-ring (bicyclic) bond motifs is 3. The average Bonchev–Trinajstić information content (AvgIpc) is 3.32. The molecule has 3 aromatic heterocycles. The largest absolute Gasteiger partial charge is 0.324 e. The zero-order valence-corrected chi connectivity index (χ0v) is 17.1. The molecular formula is C20H19Cl2N5O. The highest BCUT2D eigenvalue weighted by atomic mass is 35.5. The molecule has 0 aromatic carbocycles.